The number of halogens is 4. The molecule has 1 fully saturated rings. The fourth-order valence-corrected chi connectivity index (χ4v) is 7.55. The van der Waals surface area contributed by atoms with Crippen LogP contribution in [0.15, 0.2) is 36.4 Å². The van der Waals surface area contributed by atoms with Gasteiger partial charge < -0.3 is 5.32 Å². The highest BCUT2D eigenvalue weighted by molar-refractivity contribution is 7.98. The third-order valence-corrected chi connectivity index (χ3v) is 9.56. The minimum atomic E-state index is -3.66. The van der Waals surface area contributed by atoms with Gasteiger partial charge in [0.15, 0.2) is 0 Å². The number of rotatable bonds is 9. The summed E-state index contributed by atoms with van der Waals surface area (Å²) < 4.78 is 27.3. The van der Waals surface area contributed by atoms with Gasteiger partial charge in [-0.15, -0.1) is 0 Å². The first-order valence-corrected chi connectivity index (χ1v) is 14.7. The summed E-state index contributed by atoms with van der Waals surface area (Å²) in [5.41, 5.74) is 1.26. The van der Waals surface area contributed by atoms with Crippen LogP contribution in [0.1, 0.15) is 24.0 Å². The van der Waals surface area contributed by atoms with Crippen molar-refractivity contribution in [1.29, 1.82) is 0 Å². The molecule has 1 aliphatic rings. The number of carbonyl (C=O) groups excluding carboxylic acids is 1. The van der Waals surface area contributed by atoms with Gasteiger partial charge in [-0.1, -0.05) is 58.5 Å². The van der Waals surface area contributed by atoms with E-state index in [0.717, 1.165) is 5.56 Å². The second-order valence-corrected chi connectivity index (χ2v) is 12.4. The van der Waals surface area contributed by atoms with E-state index in [2.05, 4.69) is 5.32 Å². The maximum Gasteiger partial charge on any atom is 0.224 e. The SMILES string of the molecule is O=C(NCCSCc1c(Cl)cccc1Cl)[C@@H]1CCCN(S(=O)(=O)Cc2c(Cl)cccc2Cl)C1. The fourth-order valence-electron chi connectivity index (χ4n) is 3.59. The first-order valence-electron chi connectivity index (χ1n) is 10.4. The average molecular weight is 570 g/mol. The first kappa shape index (κ1) is 26.9. The van der Waals surface area contributed by atoms with Crippen LogP contribution in [0, 0.1) is 5.92 Å². The lowest BCUT2D eigenvalue weighted by molar-refractivity contribution is -0.125. The van der Waals surface area contributed by atoms with Crippen molar-refractivity contribution in [3.05, 3.63) is 67.6 Å². The molecule has 0 spiro atoms. The zero-order valence-corrected chi connectivity index (χ0v) is 22.4. The summed E-state index contributed by atoms with van der Waals surface area (Å²) in [4.78, 5) is 12.7. The molecular formula is C22H24Cl4N2O3S2. The summed E-state index contributed by atoms with van der Waals surface area (Å²) in [6, 6.07) is 10.3. The molecule has 0 saturated carbocycles. The molecule has 0 unspecified atom stereocenters. The minimum Gasteiger partial charge on any atom is -0.355 e. The van der Waals surface area contributed by atoms with Crippen molar-refractivity contribution in [2.45, 2.75) is 24.3 Å². The molecule has 180 valence electrons. The van der Waals surface area contributed by atoms with Crippen molar-refractivity contribution in [1.82, 2.24) is 9.62 Å². The van der Waals surface area contributed by atoms with Crippen LogP contribution in [0.3, 0.4) is 0 Å². The van der Waals surface area contributed by atoms with Gasteiger partial charge in [-0.3, -0.25) is 4.79 Å². The molecule has 1 atom stereocenters. The largest absolute Gasteiger partial charge is 0.355 e. The topological polar surface area (TPSA) is 66.5 Å². The molecule has 1 heterocycles. The van der Waals surface area contributed by atoms with Gasteiger partial charge in [0.2, 0.25) is 15.9 Å². The summed E-state index contributed by atoms with van der Waals surface area (Å²) >= 11 is 26.3. The number of carbonyl (C=O) groups is 1. The summed E-state index contributed by atoms with van der Waals surface area (Å²) in [7, 11) is -3.66. The molecule has 0 aliphatic carbocycles. The van der Waals surface area contributed by atoms with Crippen molar-refractivity contribution >= 4 is 74.1 Å². The van der Waals surface area contributed by atoms with Crippen LogP contribution in [0.5, 0.6) is 0 Å². The van der Waals surface area contributed by atoms with Crippen molar-refractivity contribution in [2.24, 2.45) is 5.92 Å². The Labute approximate surface area is 219 Å². The number of hydrogen-bond donors (Lipinski definition) is 1. The Kier molecular flexibility index (Phi) is 10.1. The van der Waals surface area contributed by atoms with Crippen LogP contribution in [-0.4, -0.2) is 44.0 Å². The molecule has 1 saturated heterocycles. The molecular weight excluding hydrogens is 546 g/mol. The Morgan fingerprint density at radius 1 is 1.00 bits per heavy atom. The number of thioether (sulfide) groups is 1. The molecule has 1 N–H and O–H groups in total. The van der Waals surface area contributed by atoms with Crippen molar-refractivity contribution in [3.8, 4) is 0 Å². The van der Waals surface area contributed by atoms with E-state index in [0.29, 0.717) is 63.1 Å². The number of piperidine rings is 1. The molecule has 0 bridgehead atoms. The molecule has 11 heteroatoms. The standard InChI is InChI=1S/C22H24Cl4N2O3S2/c23-18-5-1-6-19(24)16(18)13-32-11-9-27-22(29)15-4-3-10-28(12-15)33(30,31)14-17-20(25)7-2-8-21(17)26/h1-2,5-8,15H,3-4,9-14H2,(H,27,29)/t15-/m1/s1. The number of amides is 1. The second kappa shape index (κ2) is 12.3. The molecule has 1 amide bonds. The molecule has 33 heavy (non-hydrogen) atoms. The molecule has 3 rings (SSSR count). The van der Waals surface area contributed by atoms with E-state index in [1.54, 1.807) is 48.2 Å². The molecule has 2 aromatic rings. The van der Waals surface area contributed by atoms with Crippen LogP contribution in [0.2, 0.25) is 20.1 Å². The zero-order chi connectivity index (χ0) is 24.0. The number of hydrogen-bond acceptors (Lipinski definition) is 4. The van der Waals surface area contributed by atoms with Gasteiger partial charge >= 0.3 is 0 Å². The van der Waals surface area contributed by atoms with E-state index in [4.69, 9.17) is 46.4 Å². The molecule has 0 radical (unpaired) electrons. The van der Waals surface area contributed by atoms with E-state index in [-0.39, 0.29) is 18.2 Å². The van der Waals surface area contributed by atoms with Gasteiger partial charge in [-0.25, -0.2) is 12.7 Å². The third-order valence-electron chi connectivity index (χ3n) is 5.39. The molecule has 5 nitrogen and oxygen atoms in total. The lowest BCUT2D eigenvalue weighted by atomic mass is 9.99. The normalized spacial score (nSPS) is 17.2. The van der Waals surface area contributed by atoms with Crippen LogP contribution in [0.4, 0.5) is 0 Å². The van der Waals surface area contributed by atoms with Gasteiger partial charge in [0.1, 0.15) is 0 Å². The van der Waals surface area contributed by atoms with E-state index in [1.165, 1.54) is 4.31 Å². The minimum absolute atomic E-state index is 0.137. The summed E-state index contributed by atoms with van der Waals surface area (Å²) in [5, 5.41) is 4.80. The monoisotopic (exact) mass is 568 g/mol. The lowest BCUT2D eigenvalue weighted by Gasteiger charge is -2.31. The smallest absolute Gasteiger partial charge is 0.224 e. The Hall–Kier alpha value is -0.670. The maximum atomic E-state index is 13.0. The van der Waals surface area contributed by atoms with Gasteiger partial charge in [0, 0.05) is 56.8 Å². The van der Waals surface area contributed by atoms with Crippen LogP contribution in [-0.2, 0) is 26.3 Å². The van der Waals surface area contributed by atoms with Gasteiger partial charge in [0.05, 0.1) is 11.7 Å². The number of nitrogens with one attached hydrogen (secondary N) is 1. The fraction of sp³-hybridized carbons (Fsp3) is 0.409. The van der Waals surface area contributed by atoms with Crippen molar-refractivity contribution in [3.63, 3.8) is 0 Å². The van der Waals surface area contributed by atoms with E-state index in [9.17, 15) is 13.2 Å². The first-order chi connectivity index (χ1) is 15.7. The summed E-state index contributed by atoms with van der Waals surface area (Å²) in [5.74, 6) is 0.517. The quantitative estimate of drug-likeness (QED) is 0.382. The van der Waals surface area contributed by atoms with Crippen molar-refractivity contribution in [2.75, 3.05) is 25.4 Å². The van der Waals surface area contributed by atoms with Crippen LogP contribution < -0.4 is 5.32 Å². The summed E-state index contributed by atoms with van der Waals surface area (Å²) in [6.07, 6.45) is 1.26. The van der Waals surface area contributed by atoms with E-state index >= 15 is 0 Å². The third kappa shape index (κ3) is 7.40. The average Bonchev–Trinajstić information content (AvgIpc) is 2.78. The predicted octanol–water partition coefficient (Wildman–Crippen LogP) is 5.89. The highest BCUT2D eigenvalue weighted by Crippen LogP contribution is 2.30. The number of nitrogens with zero attached hydrogens (tertiary/aromatic N) is 1. The van der Waals surface area contributed by atoms with Gasteiger partial charge in [-0.05, 0) is 42.7 Å². The maximum absolute atomic E-state index is 13.0. The van der Waals surface area contributed by atoms with E-state index in [1.807, 2.05) is 0 Å². The van der Waals surface area contributed by atoms with E-state index < -0.39 is 15.9 Å². The molecule has 0 aromatic heterocycles. The van der Waals surface area contributed by atoms with Crippen LogP contribution in [0.25, 0.3) is 0 Å². The number of benzene rings is 2. The Balaban J connectivity index is 1.49. The lowest BCUT2D eigenvalue weighted by Crippen LogP contribution is -2.46. The van der Waals surface area contributed by atoms with Crippen LogP contribution >= 0.6 is 58.2 Å². The highest BCUT2D eigenvalue weighted by atomic mass is 35.5. The predicted molar refractivity (Wildman–Crippen MR) is 139 cm³/mol. The summed E-state index contributed by atoms with van der Waals surface area (Å²) in [6.45, 7) is 1.01. The second-order valence-electron chi connectivity index (χ2n) is 7.70. The van der Waals surface area contributed by atoms with Crippen molar-refractivity contribution < 1.29 is 13.2 Å². The highest BCUT2D eigenvalue weighted by Gasteiger charge is 2.33. The van der Waals surface area contributed by atoms with Gasteiger partial charge in [0.25, 0.3) is 0 Å². The Morgan fingerprint density at radius 2 is 1.58 bits per heavy atom. The Morgan fingerprint density at radius 3 is 2.18 bits per heavy atom. The molecule has 1 aliphatic heterocycles. The number of sulfonamides is 1. The Bertz CT molecular complexity index is 1060. The zero-order valence-electron chi connectivity index (χ0n) is 17.7. The van der Waals surface area contributed by atoms with Gasteiger partial charge in [-0.2, -0.15) is 11.8 Å². The molecule has 2 aromatic carbocycles.